The first-order valence-corrected chi connectivity index (χ1v) is 8.00. The Kier molecular flexibility index (Phi) is 6.03. The van der Waals surface area contributed by atoms with Gasteiger partial charge in [0.15, 0.2) is 0 Å². The number of halogens is 2. The molecule has 0 amide bonds. The van der Waals surface area contributed by atoms with Gasteiger partial charge >= 0.3 is 0 Å². The van der Waals surface area contributed by atoms with Crippen LogP contribution in [0.25, 0.3) is 0 Å². The lowest BCUT2D eigenvalue weighted by Gasteiger charge is -2.10. The van der Waals surface area contributed by atoms with Crippen molar-refractivity contribution < 1.29 is 4.74 Å². The van der Waals surface area contributed by atoms with Crippen molar-refractivity contribution in [2.45, 2.75) is 20.4 Å². The molecule has 2 aromatic rings. The number of rotatable bonds is 6. The fraction of sp³-hybridized carbons (Fsp3) is 0.312. The molecule has 1 heterocycles. The number of hydrogen-bond donors (Lipinski definition) is 1. The Bertz CT molecular complexity index is 587. The molecule has 0 spiro atoms. The third-order valence-electron chi connectivity index (χ3n) is 2.77. The molecule has 0 atom stereocenters. The number of aromatic nitrogens is 1. The van der Waals surface area contributed by atoms with Crippen molar-refractivity contribution in [2.75, 3.05) is 6.54 Å². The Labute approximate surface area is 138 Å². The lowest BCUT2D eigenvalue weighted by atomic mass is 10.2. The molecule has 1 aromatic heterocycles. The molecule has 21 heavy (non-hydrogen) atoms. The number of nitrogens with one attached hydrogen (secondary N) is 1. The van der Waals surface area contributed by atoms with E-state index in [1.54, 1.807) is 6.20 Å². The fourth-order valence-corrected chi connectivity index (χ4v) is 2.25. The zero-order valence-electron chi connectivity index (χ0n) is 12.1. The maximum atomic E-state index is 6.23. The van der Waals surface area contributed by atoms with Crippen LogP contribution in [0.4, 0.5) is 0 Å². The van der Waals surface area contributed by atoms with Gasteiger partial charge in [-0.05, 0) is 48.4 Å². The van der Waals surface area contributed by atoms with Crippen molar-refractivity contribution in [1.82, 2.24) is 10.3 Å². The van der Waals surface area contributed by atoms with E-state index in [-0.39, 0.29) is 0 Å². The van der Waals surface area contributed by atoms with Gasteiger partial charge in [0, 0.05) is 17.2 Å². The minimum Gasteiger partial charge on any atom is -0.438 e. The number of pyridine rings is 1. The second-order valence-corrected chi connectivity index (χ2v) is 6.53. The molecule has 0 aliphatic carbocycles. The second-order valence-electron chi connectivity index (χ2n) is 5.21. The van der Waals surface area contributed by atoms with Gasteiger partial charge in [-0.2, -0.15) is 0 Å². The molecule has 0 aliphatic heterocycles. The van der Waals surface area contributed by atoms with Gasteiger partial charge in [-0.25, -0.2) is 4.98 Å². The molecule has 0 saturated heterocycles. The Hall–Kier alpha value is -1.10. The summed E-state index contributed by atoms with van der Waals surface area (Å²) in [4.78, 5) is 4.29. The molecule has 0 radical (unpaired) electrons. The van der Waals surface area contributed by atoms with Crippen LogP contribution in [-0.4, -0.2) is 11.5 Å². The van der Waals surface area contributed by atoms with Crippen molar-refractivity contribution in [2.24, 2.45) is 5.92 Å². The van der Waals surface area contributed by atoms with Crippen molar-refractivity contribution in [3.63, 3.8) is 0 Å². The fourth-order valence-electron chi connectivity index (χ4n) is 1.76. The standard InChI is InChI=1S/C16H18BrClN2O/c1-11(2)8-19-9-12-7-15(18)16(20-10-12)21-14-5-3-13(17)4-6-14/h3-7,10-11,19H,8-9H2,1-2H3. The lowest BCUT2D eigenvalue weighted by Crippen LogP contribution is -2.19. The second kappa shape index (κ2) is 7.78. The number of hydrogen-bond acceptors (Lipinski definition) is 3. The molecule has 1 aromatic carbocycles. The smallest absolute Gasteiger partial charge is 0.238 e. The minimum atomic E-state index is 0.423. The topological polar surface area (TPSA) is 34.2 Å². The maximum absolute atomic E-state index is 6.23. The third kappa shape index (κ3) is 5.30. The van der Waals surface area contributed by atoms with Crippen LogP contribution >= 0.6 is 27.5 Å². The van der Waals surface area contributed by atoms with E-state index < -0.39 is 0 Å². The Morgan fingerprint density at radius 1 is 1.29 bits per heavy atom. The lowest BCUT2D eigenvalue weighted by molar-refractivity contribution is 0.462. The van der Waals surface area contributed by atoms with Crippen LogP contribution in [0.15, 0.2) is 41.0 Å². The first-order valence-electron chi connectivity index (χ1n) is 6.83. The number of ether oxygens (including phenoxy) is 1. The van der Waals surface area contributed by atoms with E-state index in [0.717, 1.165) is 23.1 Å². The van der Waals surface area contributed by atoms with Crippen molar-refractivity contribution in [3.8, 4) is 11.6 Å². The SMILES string of the molecule is CC(C)CNCc1cnc(Oc2ccc(Br)cc2)c(Cl)c1. The molecular weight excluding hydrogens is 352 g/mol. The summed E-state index contributed by atoms with van der Waals surface area (Å²) in [6.07, 6.45) is 1.79. The highest BCUT2D eigenvalue weighted by atomic mass is 79.9. The molecule has 0 bridgehead atoms. The molecule has 0 saturated carbocycles. The van der Waals surface area contributed by atoms with Crippen molar-refractivity contribution in [1.29, 1.82) is 0 Å². The minimum absolute atomic E-state index is 0.423. The van der Waals surface area contributed by atoms with E-state index in [4.69, 9.17) is 16.3 Å². The van der Waals surface area contributed by atoms with E-state index in [1.807, 2.05) is 30.3 Å². The largest absolute Gasteiger partial charge is 0.438 e. The zero-order valence-corrected chi connectivity index (χ0v) is 14.4. The molecule has 2 rings (SSSR count). The van der Waals surface area contributed by atoms with E-state index in [1.165, 1.54) is 0 Å². The molecule has 5 heteroatoms. The molecule has 112 valence electrons. The monoisotopic (exact) mass is 368 g/mol. The maximum Gasteiger partial charge on any atom is 0.238 e. The third-order valence-corrected chi connectivity index (χ3v) is 3.57. The molecule has 1 N–H and O–H groups in total. The highest BCUT2D eigenvalue weighted by Gasteiger charge is 2.06. The average molecular weight is 370 g/mol. The average Bonchev–Trinajstić information content (AvgIpc) is 2.44. The highest BCUT2D eigenvalue weighted by Crippen LogP contribution is 2.28. The van der Waals surface area contributed by atoms with Crippen LogP contribution < -0.4 is 10.1 Å². The highest BCUT2D eigenvalue weighted by molar-refractivity contribution is 9.10. The molecule has 0 aliphatic rings. The summed E-state index contributed by atoms with van der Waals surface area (Å²) in [6, 6.07) is 9.43. The van der Waals surface area contributed by atoms with Gasteiger partial charge in [-0.3, -0.25) is 0 Å². The zero-order chi connectivity index (χ0) is 15.2. The van der Waals surface area contributed by atoms with Gasteiger partial charge in [0.05, 0.1) is 0 Å². The van der Waals surface area contributed by atoms with Gasteiger partial charge in [0.1, 0.15) is 10.8 Å². The van der Waals surface area contributed by atoms with Gasteiger partial charge < -0.3 is 10.1 Å². The van der Waals surface area contributed by atoms with Gasteiger partial charge in [0.2, 0.25) is 5.88 Å². The summed E-state index contributed by atoms with van der Waals surface area (Å²) >= 11 is 9.61. The van der Waals surface area contributed by atoms with Crippen LogP contribution in [0.3, 0.4) is 0 Å². The predicted molar refractivity (Wildman–Crippen MR) is 90.0 cm³/mol. The molecular formula is C16H18BrClN2O. The van der Waals surface area contributed by atoms with Gasteiger partial charge in [0.25, 0.3) is 0 Å². The quantitative estimate of drug-likeness (QED) is 0.775. The molecule has 3 nitrogen and oxygen atoms in total. The number of benzene rings is 1. The Morgan fingerprint density at radius 3 is 2.62 bits per heavy atom. The predicted octanol–water partition coefficient (Wildman–Crippen LogP) is 5.04. The van der Waals surface area contributed by atoms with E-state index in [9.17, 15) is 0 Å². The summed E-state index contributed by atoms with van der Waals surface area (Å²) in [5, 5.41) is 3.87. The summed E-state index contributed by atoms with van der Waals surface area (Å²) in [7, 11) is 0. The van der Waals surface area contributed by atoms with Gasteiger partial charge in [-0.15, -0.1) is 0 Å². The van der Waals surface area contributed by atoms with Crippen LogP contribution in [0.2, 0.25) is 5.02 Å². The van der Waals surface area contributed by atoms with Crippen LogP contribution in [0.5, 0.6) is 11.6 Å². The first kappa shape index (κ1) is 16.3. The molecule has 0 unspecified atom stereocenters. The van der Waals surface area contributed by atoms with E-state index in [0.29, 0.717) is 22.6 Å². The Morgan fingerprint density at radius 2 is 2.00 bits per heavy atom. The summed E-state index contributed by atoms with van der Waals surface area (Å²) in [5.41, 5.74) is 1.05. The van der Waals surface area contributed by atoms with E-state index in [2.05, 4.69) is 40.1 Å². The van der Waals surface area contributed by atoms with E-state index >= 15 is 0 Å². The van der Waals surface area contributed by atoms with Crippen LogP contribution in [-0.2, 0) is 6.54 Å². The summed E-state index contributed by atoms with van der Waals surface area (Å²) < 4.78 is 6.68. The van der Waals surface area contributed by atoms with Crippen molar-refractivity contribution >= 4 is 27.5 Å². The molecule has 0 fully saturated rings. The number of nitrogens with zero attached hydrogens (tertiary/aromatic N) is 1. The van der Waals surface area contributed by atoms with Crippen LogP contribution in [0.1, 0.15) is 19.4 Å². The van der Waals surface area contributed by atoms with Gasteiger partial charge in [-0.1, -0.05) is 41.4 Å². The Balaban J connectivity index is 2.00. The summed E-state index contributed by atoms with van der Waals surface area (Å²) in [6.45, 7) is 6.07. The first-order chi connectivity index (χ1) is 10.0. The van der Waals surface area contributed by atoms with Crippen LogP contribution in [0, 0.1) is 5.92 Å². The normalized spacial score (nSPS) is 10.9. The summed E-state index contributed by atoms with van der Waals surface area (Å²) in [5.74, 6) is 1.75. The van der Waals surface area contributed by atoms with Crippen molar-refractivity contribution in [3.05, 3.63) is 51.6 Å².